The average molecular weight is 224 g/mol. The Morgan fingerprint density at radius 2 is 2.38 bits per heavy atom. The van der Waals surface area contributed by atoms with Crippen molar-refractivity contribution in [3.8, 4) is 0 Å². The maximum Gasteiger partial charge on any atom is 0.240 e. The summed E-state index contributed by atoms with van der Waals surface area (Å²) < 4.78 is 5.17. The van der Waals surface area contributed by atoms with Gasteiger partial charge < -0.3 is 14.7 Å². The fourth-order valence-electron chi connectivity index (χ4n) is 2.12. The van der Waals surface area contributed by atoms with Crippen molar-refractivity contribution in [3.05, 3.63) is 11.7 Å². The smallest absolute Gasteiger partial charge is 0.240 e. The molecule has 0 spiro atoms. The van der Waals surface area contributed by atoms with Crippen molar-refractivity contribution in [1.82, 2.24) is 20.4 Å². The van der Waals surface area contributed by atoms with Gasteiger partial charge in [0.2, 0.25) is 5.89 Å². The lowest BCUT2D eigenvalue weighted by Gasteiger charge is -2.19. The van der Waals surface area contributed by atoms with E-state index in [1.54, 1.807) is 0 Å². The molecule has 2 rings (SSSR count). The van der Waals surface area contributed by atoms with Crippen LogP contribution < -0.4 is 5.32 Å². The molecule has 0 aromatic carbocycles. The molecule has 1 aliphatic heterocycles. The minimum absolute atomic E-state index is 0.441. The van der Waals surface area contributed by atoms with E-state index in [4.69, 9.17) is 4.52 Å². The molecule has 1 aromatic heterocycles. The summed E-state index contributed by atoms with van der Waals surface area (Å²) in [4.78, 5) is 6.87. The summed E-state index contributed by atoms with van der Waals surface area (Å²) in [7, 11) is 1.87. The molecule has 0 saturated carbocycles. The van der Waals surface area contributed by atoms with E-state index in [-0.39, 0.29) is 0 Å². The van der Waals surface area contributed by atoms with Crippen LogP contribution in [0.15, 0.2) is 4.52 Å². The Bertz CT molecular complexity index is 336. The van der Waals surface area contributed by atoms with Crippen LogP contribution in [0.2, 0.25) is 0 Å². The lowest BCUT2D eigenvalue weighted by Crippen LogP contribution is -2.28. The molecule has 90 valence electrons. The molecule has 5 heteroatoms. The Kier molecular flexibility index (Phi) is 3.56. The minimum atomic E-state index is 0.441. The molecule has 1 saturated heterocycles. The quantitative estimate of drug-likeness (QED) is 0.826. The predicted molar refractivity (Wildman–Crippen MR) is 61.1 cm³/mol. The van der Waals surface area contributed by atoms with E-state index in [2.05, 4.69) is 34.2 Å². The summed E-state index contributed by atoms with van der Waals surface area (Å²) in [6.45, 7) is 7.29. The van der Waals surface area contributed by atoms with Gasteiger partial charge in [0.1, 0.15) is 0 Å². The summed E-state index contributed by atoms with van der Waals surface area (Å²) in [6, 6.07) is 0.605. The highest BCUT2D eigenvalue weighted by atomic mass is 16.5. The zero-order valence-corrected chi connectivity index (χ0v) is 10.2. The molecule has 0 amide bonds. The molecular weight excluding hydrogens is 204 g/mol. The van der Waals surface area contributed by atoms with E-state index in [0.717, 1.165) is 25.3 Å². The number of likely N-dealkylation sites (tertiary alicyclic amines) is 1. The number of hydrogen-bond donors (Lipinski definition) is 1. The molecule has 1 unspecified atom stereocenters. The fraction of sp³-hybridized carbons (Fsp3) is 0.818. The largest absolute Gasteiger partial charge is 0.338 e. The first-order valence-corrected chi connectivity index (χ1v) is 5.92. The van der Waals surface area contributed by atoms with E-state index >= 15 is 0 Å². The standard InChI is InChI=1S/C11H20N4O/c1-8(2)15-5-4-9(7-15)11-13-10(6-12-3)16-14-11/h8-9,12H,4-7H2,1-3H3. The van der Waals surface area contributed by atoms with Crippen molar-refractivity contribution >= 4 is 0 Å². The van der Waals surface area contributed by atoms with Gasteiger partial charge in [0.05, 0.1) is 6.54 Å². The zero-order valence-electron chi connectivity index (χ0n) is 10.2. The Morgan fingerprint density at radius 3 is 3.00 bits per heavy atom. The van der Waals surface area contributed by atoms with Gasteiger partial charge in [-0.3, -0.25) is 0 Å². The molecule has 1 fully saturated rings. The molecule has 0 aliphatic carbocycles. The second-order valence-electron chi connectivity index (χ2n) is 4.65. The summed E-state index contributed by atoms with van der Waals surface area (Å²) in [6.07, 6.45) is 1.14. The van der Waals surface area contributed by atoms with Crippen LogP contribution in [-0.2, 0) is 6.54 Å². The van der Waals surface area contributed by atoms with E-state index in [0.29, 0.717) is 24.4 Å². The molecule has 1 aromatic rings. The highest BCUT2D eigenvalue weighted by molar-refractivity contribution is 5.00. The lowest BCUT2D eigenvalue weighted by atomic mass is 10.1. The summed E-state index contributed by atoms with van der Waals surface area (Å²) in [5, 5.41) is 7.07. The monoisotopic (exact) mass is 224 g/mol. The van der Waals surface area contributed by atoms with Crippen molar-refractivity contribution in [2.45, 2.75) is 38.8 Å². The summed E-state index contributed by atoms with van der Waals surface area (Å²) >= 11 is 0. The van der Waals surface area contributed by atoms with Crippen LogP contribution in [0.4, 0.5) is 0 Å². The fourth-order valence-corrected chi connectivity index (χ4v) is 2.12. The third-order valence-electron chi connectivity index (χ3n) is 3.13. The normalized spacial score (nSPS) is 22.1. The first-order valence-electron chi connectivity index (χ1n) is 5.92. The van der Waals surface area contributed by atoms with E-state index in [1.807, 2.05) is 7.05 Å². The van der Waals surface area contributed by atoms with Gasteiger partial charge in [-0.1, -0.05) is 5.16 Å². The Hall–Kier alpha value is -0.940. The van der Waals surface area contributed by atoms with Gasteiger partial charge in [0.25, 0.3) is 0 Å². The van der Waals surface area contributed by atoms with Gasteiger partial charge in [-0.05, 0) is 33.9 Å². The van der Waals surface area contributed by atoms with E-state index in [1.165, 1.54) is 0 Å². The lowest BCUT2D eigenvalue weighted by molar-refractivity contribution is 0.271. The van der Waals surface area contributed by atoms with Crippen LogP contribution in [-0.4, -0.2) is 41.2 Å². The first-order chi connectivity index (χ1) is 7.70. The van der Waals surface area contributed by atoms with Gasteiger partial charge in [0.15, 0.2) is 5.82 Å². The maximum absolute atomic E-state index is 5.17. The molecule has 0 radical (unpaired) electrons. The Morgan fingerprint density at radius 1 is 1.56 bits per heavy atom. The van der Waals surface area contributed by atoms with Gasteiger partial charge in [-0.15, -0.1) is 0 Å². The molecule has 1 atom stereocenters. The highest BCUT2D eigenvalue weighted by Crippen LogP contribution is 2.26. The number of nitrogens with zero attached hydrogens (tertiary/aromatic N) is 3. The van der Waals surface area contributed by atoms with Crippen molar-refractivity contribution in [2.24, 2.45) is 0 Å². The van der Waals surface area contributed by atoms with Gasteiger partial charge in [-0.2, -0.15) is 4.98 Å². The Labute approximate surface area is 96.2 Å². The van der Waals surface area contributed by atoms with Crippen LogP contribution in [0, 0.1) is 0 Å². The SMILES string of the molecule is CNCc1nc(C2CCN(C(C)C)C2)no1. The molecule has 16 heavy (non-hydrogen) atoms. The number of rotatable bonds is 4. The van der Waals surface area contributed by atoms with Crippen LogP contribution in [0.3, 0.4) is 0 Å². The van der Waals surface area contributed by atoms with Crippen molar-refractivity contribution in [2.75, 3.05) is 20.1 Å². The average Bonchev–Trinajstić information content (AvgIpc) is 2.84. The molecule has 2 heterocycles. The zero-order chi connectivity index (χ0) is 11.5. The molecule has 0 bridgehead atoms. The second-order valence-corrected chi connectivity index (χ2v) is 4.65. The first kappa shape index (κ1) is 11.5. The van der Waals surface area contributed by atoms with Gasteiger partial charge in [0, 0.05) is 18.5 Å². The molecular formula is C11H20N4O. The molecule has 1 N–H and O–H groups in total. The number of aromatic nitrogens is 2. The predicted octanol–water partition coefficient (Wildman–Crippen LogP) is 0.987. The summed E-state index contributed by atoms with van der Waals surface area (Å²) in [5.74, 6) is 1.99. The molecule has 5 nitrogen and oxygen atoms in total. The van der Waals surface area contributed by atoms with Crippen LogP contribution >= 0.6 is 0 Å². The van der Waals surface area contributed by atoms with Crippen molar-refractivity contribution in [3.63, 3.8) is 0 Å². The number of nitrogens with one attached hydrogen (secondary N) is 1. The van der Waals surface area contributed by atoms with E-state index in [9.17, 15) is 0 Å². The van der Waals surface area contributed by atoms with Crippen molar-refractivity contribution < 1.29 is 4.52 Å². The second kappa shape index (κ2) is 4.93. The Balaban J connectivity index is 1.97. The van der Waals surface area contributed by atoms with Gasteiger partial charge in [-0.25, -0.2) is 0 Å². The highest BCUT2D eigenvalue weighted by Gasteiger charge is 2.28. The summed E-state index contributed by atoms with van der Waals surface area (Å²) in [5.41, 5.74) is 0. The minimum Gasteiger partial charge on any atom is -0.338 e. The van der Waals surface area contributed by atoms with Crippen LogP contribution in [0.1, 0.15) is 37.9 Å². The maximum atomic E-state index is 5.17. The third-order valence-corrected chi connectivity index (χ3v) is 3.13. The molecule has 1 aliphatic rings. The van der Waals surface area contributed by atoms with Crippen molar-refractivity contribution in [1.29, 1.82) is 0 Å². The topological polar surface area (TPSA) is 54.2 Å². The van der Waals surface area contributed by atoms with Crippen LogP contribution in [0.5, 0.6) is 0 Å². The van der Waals surface area contributed by atoms with E-state index < -0.39 is 0 Å². The third kappa shape index (κ3) is 2.41. The van der Waals surface area contributed by atoms with Crippen LogP contribution in [0.25, 0.3) is 0 Å². The van der Waals surface area contributed by atoms with Gasteiger partial charge >= 0.3 is 0 Å². The number of hydrogen-bond acceptors (Lipinski definition) is 5.